The first kappa shape index (κ1) is 15.9. The Morgan fingerprint density at radius 1 is 1.14 bits per heavy atom. The Hall–Kier alpha value is -1.52. The van der Waals surface area contributed by atoms with Crippen LogP contribution in [-0.2, 0) is 17.4 Å². The molecule has 5 heteroatoms. The van der Waals surface area contributed by atoms with Crippen LogP contribution in [0.3, 0.4) is 0 Å². The van der Waals surface area contributed by atoms with Gasteiger partial charge in [-0.25, -0.2) is 0 Å². The fourth-order valence-electron chi connectivity index (χ4n) is 2.78. The van der Waals surface area contributed by atoms with Gasteiger partial charge in [0.05, 0.1) is 12.0 Å². The Morgan fingerprint density at radius 2 is 1.71 bits per heavy atom. The van der Waals surface area contributed by atoms with E-state index in [1.807, 2.05) is 0 Å². The van der Waals surface area contributed by atoms with Crippen molar-refractivity contribution in [1.29, 1.82) is 0 Å². The maximum atomic E-state index is 12.5. The van der Waals surface area contributed by atoms with Crippen LogP contribution in [0.5, 0.6) is 0 Å². The predicted molar refractivity (Wildman–Crippen MR) is 74.8 cm³/mol. The van der Waals surface area contributed by atoms with Crippen molar-refractivity contribution >= 4 is 5.91 Å². The average molecular weight is 299 g/mol. The standard InChI is InChI=1S/C16H20F3NO/c1-20(14-5-3-2-4-6-14)15(21)11-12-7-9-13(10-8-12)16(17,18)19/h7-10,14H,2-6,11H2,1H3. The summed E-state index contributed by atoms with van der Waals surface area (Å²) in [6.07, 6.45) is 1.37. The maximum absolute atomic E-state index is 12.5. The molecule has 0 N–H and O–H groups in total. The Kier molecular flexibility index (Phi) is 4.91. The van der Waals surface area contributed by atoms with Crippen LogP contribution in [0.2, 0.25) is 0 Å². The molecule has 0 atom stereocenters. The molecular weight excluding hydrogens is 279 g/mol. The maximum Gasteiger partial charge on any atom is 0.416 e. The number of carbonyl (C=O) groups is 1. The predicted octanol–water partition coefficient (Wildman–Crippen LogP) is 4.04. The van der Waals surface area contributed by atoms with Crippen LogP contribution < -0.4 is 0 Å². The molecule has 0 aliphatic heterocycles. The van der Waals surface area contributed by atoms with Gasteiger partial charge in [-0.3, -0.25) is 4.79 Å². The number of likely N-dealkylation sites (N-methyl/N-ethyl adjacent to an activating group) is 1. The first-order chi connectivity index (χ1) is 9.88. The van der Waals surface area contributed by atoms with Gasteiger partial charge in [0.2, 0.25) is 5.91 Å². The average Bonchev–Trinajstić information content (AvgIpc) is 2.47. The molecule has 2 nitrogen and oxygen atoms in total. The molecule has 116 valence electrons. The second-order valence-electron chi connectivity index (χ2n) is 5.67. The van der Waals surface area contributed by atoms with Gasteiger partial charge in [-0.15, -0.1) is 0 Å². The van der Waals surface area contributed by atoms with Crippen LogP contribution in [0, 0.1) is 0 Å². The van der Waals surface area contributed by atoms with Gasteiger partial charge < -0.3 is 4.90 Å². The highest BCUT2D eigenvalue weighted by molar-refractivity contribution is 5.78. The van der Waals surface area contributed by atoms with E-state index in [4.69, 9.17) is 0 Å². The normalized spacial score (nSPS) is 16.8. The summed E-state index contributed by atoms with van der Waals surface area (Å²) >= 11 is 0. The molecule has 0 aromatic heterocycles. The van der Waals surface area contributed by atoms with Crippen molar-refractivity contribution < 1.29 is 18.0 Å². The number of rotatable bonds is 3. The fraction of sp³-hybridized carbons (Fsp3) is 0.562. The number of halogens is 3. The van der Waals surface area contributed by atoms with E-state index in [9.17, 15) is 18.0 Å². The van der Waals surface area contributed by atoms with Crippen molar-refractivity contribution in [3.63, 3.8) is 0 Å². The van der Waals surface area contributed by atoms with Crippen molar-refractivity contribution in [2.24, 2.45) is 0 Å². The first-order valence-electron chi connectivity index (χ1n) is 7.30. The summed E-state index contributed by atoms with van der Waals surface area (Å²) < 4.78 is 37.4. The molecule has 0 heterocycles. The monoisotopic (exact) mass is 299 g/mol. The van der Waals surface area contributed by atoms with Gasteiger partial charge in [-0.1, -0.05) is 31.4 Å². The fourth-order valence-corrected chi connectivity index (χ4v) is 2.78. The molecule has 1 amide bonds. The van der Waals surface area contributed by atoms with Crippen LogP contribution in [0.15, 0.2) is 24.3 Å². The molecule has 1 aliphatic rings. The first-order valence-corrected chi connectivity index (χ1v) is 7.30. The molecule has 0 bridgehead atoms. The molecule has 2 rings (SSSR count). The van der Waals surface area contributed by atoms with Crippen LogP contribution >= 0.6 is 0 Å². The quantitative estimate of drug-likeness (QED) is 0.825. The van der Waals surface area contributed by atoms with Crippen molar-refractivity contribution in [2.75, 3.05) is 7.05 Å². The van der Waals surface area contributed by atoms with E-state index >= 15 is 0 Å². The summed E-state index contributed by atoms with van der Waals surface area (Å²) in [6.45, 7) is 0. The Bertz CT molecular complexity index is 475. The van der Waals surface area contributed by atoms with Crippen LogP contribution in [0.25, 0.3) is 0 Å². The zero-order chi connectivity index (χ0) is 15.5. The summed E-state index contributed by atoms with van der Waals surface area (Å²) in [5.74, 6) is -0.0262. The summed E-state index contributed by atoms with van der Waals surface area (Å²) in [5, 5.41) is 0. The molecule has 1 aromatic rings. The number of benzene rings is 1. The minimum Gasteiger partial charge on any atom is -0.342 e. The van der Waals surface area contributed by atoms with E-state index in [2.05, 4.69) is 0 Å². The summed E-state index contributed by atoms with van der Waals surface area (Å²) in [7, 11) is 1.79. The number of alkyl halides is 3. The smallest absolute Gasteiger partial charge is 0.342 e. The van der Waals surface area contributed by atoms with E-state index in [0.717, 1.165) is 37.8 Å². The zero-order valence-corrected chi connectivity index (χ0v) is 12.1. The third-order valence-corrected chi connectivity index (χ3v) is 4.15. The van der Waals surface area contributed by atoms with Gasteiger partial charge in [0.15, 0.2) is 0 Å². The molecule has 1 fully saturated rings. The minimum absolute atomic E-state index is 0.0262. The van der Waals surface area contributed by atoms with E-state index in [1.54, 1.807) is 11.9 Å². The zero-order valence-electron chi connectivity index (χ0n) is 12.1. The van der Waals surface area contributed by atoms with Crippen LogP contribution in [0.4, 0.5) is 13.2 Å². The molecule has 0 saturated heterocycles. The summed E-state index contributed by atoms with van der Waals surface area (Å²) in [6, 6.07) is 5.11. The SMILES string of the molecule is CN(C(=O)Cc1ccc(C(F)(F)F)cc1)C1CCCCC1. The highest BCUT2D eigenvalue weighted by atomic mass is 19.4. The minimum atomic E-state index is -4.33. The molecule has 0 unspecified atom stereocenters. The van der Waals surface area contributed by atoms with Crippen LogP contribution in [0.1, 0.15) is 43.2 Å². The highest BCUT2D eigenvalue weighted by Gasteiger charge is 2.30. The van der Waals surface area contributed by atoms with Gasteiger partial charge >= 0.3 is 6.18 Å². The Labute approximate surface area is 122 Å². The number of carbonyl (C=O) groups excluding carboxylic acids is 1. The third kappa shape index (κ3) is 4.22. The third-order valence-electron chi connectivity index (χ3n) is 4.15. The highest BCUT2D eigenvalue weighted by Crippen LogP contribution is 2.29. The van der Waals surface area contributed by atoms with E-state index in [-0.39, 0.29) is 18.4 Å². The summed E-state index contributed by atoms with van der Waals surface area (Å²) in [5.41, 5.74) is -0.0602. The lowest BCUT2D eigenvalue weighted by Gasteiger charge is -2.31. The molecule has 0 radical (unpaired) electrons. The second kappa shape index (κ2) is 6.50. The van der Waals surface area contributed by atoms with Crippen molar-refractivity contribution in [3.05, 3.63) is 35.4 Å². The van der Waals surface area contributed by atoms with Crippen molar-refractivity contribution in [3.8, 4) is 0 Å². The van der Waals surface area contributed by atoms with Gasteiger partial charge in [0, 0.05) is 13.1 Å². The van der Waals surface area contributed by atoms with Gasteiger partial charge in [0.1, 0.15) is 0 Å². The molecule has 21 heavy (non-hydrogen) atoms. The van der Waals surface area contributed by atoms with Gasteiger partial charge in [-0.05, 0) is 30.5 Å². The number of hydrogen-bond acceptors (Lipinski definition) is 1. The number of amides is 1. The van der Waals surface area contributed by atoms with Crippen LogP contribution in [-0.4, -0.2) is 23.9 Å². The molecular formula is C16H20F3NO. The van der Waals surface area contributed by atoms with E-state index in [1.165, 1.54) is 18.6 Å². The largest absolute Gasteiger partial charge is 0.416 e. The molecule has 1 saturated carbocycles. The lowest BCUT2D eigenvalue weighted by Crippen LogP contribution is -2.39. The van der Waals surface area contributed by atoms with Crippen molar-refractivity contribution in [1.82, 2.24) is 4.90 Å². The topological polar surface area (TPSA) is 20.3 Å². The molecule has 0 spiro atoms. The lowest BCUT2D eigenvalue weighted by atomic mass is 9.94. The summed E-state index contributed by atoms with van der Waals surface area (Å²) in [4.78, 5) is 14.0. The lowest BCUT2D eigenvalue weighted by molar-refractivity contribution is -0.137. The number of hydrogen-bond donors (Lipinski definition) is 0. The Morgan fingerprint density at radius 3 is 2.24 bits per heavy atom. The van der Waals surface area contributed by atoms with E-state index in [0.29, 0.717) is 5.56 Å². The van der Waals surface area contributed by atoms with E-state index < -0.39 is 11.7 Å². The Balaban J connectivity index is 1.95. The van der Waals surface area contributed by atoms with Gasteiger partial charge in [-0.2, -0.15) is 13.2 Å². The molecule has 1 aliphatic carbocycles. The van der Waals surface area contributed by atoms with Gasteiger partial charge in [0.25, 0.3) is 0 Å². The van der Waals surface area contributed by atoms with Crippen molar-refractivity contribution in [2.45, 2.75) is 50.7 Å². The molecule has 1 aromatic carbocycles. The number of nitrogens with zero attached hydrogens (tertiary/aromatic N) is 1. The second-order valence-corrected chi connectivity index (χ2v) is 5.67.